The molecule has 3 rings (SSSR count). The second-order valence-corrected chi connectivity index (χ2v) is 6.62. The largest absolute Gasteiger partial charge is 0.352 e. The number of hydrogen-bond donors (Lipinski definition) is 1. The molecule has 1 aliphatic rings. The standard InChI is InChI=1S/C19H20ClN3O/c20-16-5-3-4-15(12-16)19(8-1-2-9-19)14-23-18(24)7-6-17-13-21-10-11-22-17/h3-7,10-13H,1-2,8-9,14H2,(H,23,24)/b7-6+. The number of carbonyl (C=O) groups excluding carboxylic acids is 1. The van der Waals surface area contributed by atoms with E-state index >= 15 is 0 Å². The van der Waals surface area contributed by atoms with Crippen molar-refractivity contribution >= 4 is 23.6 Å². The van der Waals surface area contributed by atoms with Crippen LogP contribution in [0.1, 0.15) is 36.9 Å². The third-order valence-electron chi connectivity index (χ3n) is 4.59. The van der Waals surface area contributed by atoms with Crippen molar-refractivity contribution in [1.82, 2.24) is 15.3 Å². The number of rotatable bonds is 5. The lowest BCUT2D eigenvalue weighted by molar-refractivity contribution is -0.116. The van der Waals surface area contributed by atoms with Gasteiger partial charge in [0.25, 0.3) is 0 Å². The molecular weight excluding hydrogens is 322 g/mol. The smallest absolute Gasteiger partial charge is 0.244 e. The van der Waals surface area contributed by atoms with E-state index in [1.54, 1.807) is 24.7 Å². The van der Waals surface area contributed by atoms with Crippen LogP contribution in [0.4, 0.5) is 0 Å². The van der Waals surface area contributed by atoms with Crippen LogP contribution in [0.15, 0.2) is 48.9 Å². The molecule has 1 aromatic carbocycles. The molecule has 5 heteroatoms. The molecule has 1 saturated carbocycles. The first-order chi connectivity index (χ1) is 11.7. The zero-order valence-electron chi connectivity index (χ0n) is 13.4. The summed E-state index contributed by atoms with van der Waals surface area (Å²) in [7, 11) is 0. The van der Waals surface area contributed by atoms with Crippen LogP contribution in [0.25, 0.3) is 6.08 Å². The summed E-state index contributed by atoms with van der Waals surface area (Å²) in [5.74, 6) is -0.117. The Kier molecular flexibility index (Phi) is 5.26. The molecule has 1 heterocycles. The Bertz CT molecular complexity index is 724. The number of amides is 1. The van der Waals surface area contributed by atoms with E-state index in [1.165, 1.54) is 24.5 Å². The number of hydrogen-bond acceptors (Lipinski definition) is 3. The summed E-state index contributed by atoms with van der Waals surface area (Å²) in [6, 6.07) is 8.00. The van der Waals surface area contributed by atoms with E-state index in [0.717, 1.165) is 17.9 Å². The van der Waals surface area contributed by atoms with Gasteiger partial charge < -0.3 is 5.32 Å². The van der Waals surface area contributed by atoms with Gasteiger partial charge in [0.05, 0.1) is 11.9 Å². The zero-order chi connectivity index (χ0) is 16.8. The molecule has 1 N–H and O–H groups in total. The number of nitrogens with zero attached hydrogens (tertiary/aromatic N) is 2. The number of benzene rings is 1. The maximum Gasteiger partial charge on any atom is 0.244 e. The van der Waals surface area contributed by atoms with Crippen LogP contribution in [0.5, 0.6) is 0 Å². The average Bonchev–Trinajstić information content (AvgIpc) is 3.09. The van der Waals surface area contributed by atoms with Gasteiger partial charge in [-0.15, -0.1) is 0 Å². The Morgan fingerprint density at radius 1 is 1.29 bits per heavy atom. The first-order valence-corrected chi connectivity index (χ1v) is 8.54. The summed E-state index contributed by atoms with van der Waals surface area (Å²) >= 11 is 6.15. The van der Waals surface area contributed by atoms with Crippen LogP contribution in [0.2, 0.25) is 5.02 Å². The molecule has 0 spiro atoms. The molecule has 0 aliphatic heterocycles. The molecule has 0 radical (unpaired) electrons. The maximum absolute atomic E-state index is 12.1. The van der Waals surface area contributed by atoms with E-state index in [0.29, 0.717) is 12.2 Å². The van der Waals surface area contributed by atoms with Gasteiger partial charge in [-0.2, -0.15) is 0 Å². The summed E-state index contributed by atoms with van der Waals surface area (Å²) in [6.07, 6.45) is 12.5. The Hall–Kier alpha value is -2.20. The molecule has 4 nitrogen and oxygen atoms in total. The normalized spacial score (nSPS) is 16.4. The van der Waals surface area contributed by atoms with Crippen molar-refractivity contribution in [2.24, 2.45) is 0 Å². The lowest BCUT2D eigenvalue weighted by atomic mass is 9.79. The van der Waals surface area contributed by atoms with Crippen molar-refractivity contribution in [3.05, 3.63) is 65.2 Å². The zero-order valence-corrected chi connectivity index (χ0v) is 14.2. The van der Waals surface area contributed by atoms with E-state index < -0.39 is 0 Å². The summed E-state index contributed by atoms with van der Waals surface area (Å²) in [5, 5.41) is 3.78. The van der Waals surface area contributed by atoms with E-state index in [9.17, 15) is 4.79 Å². The van der Waals surface area contributed by atoms with E-state index in [2.05, 4.69) is 21.4 Å². The Balaban J connectivity index is 1.66. The molecular formula is C19H20ClN3O. The van der Waals surface area contributed by atoms with Crippen LogP contribution >= 0.6 is 11.6 Å². The van der Waals surface area contributed by atoms with Crippen molar-refractivity contribution in [1.29, 1.82) is 0 Å². The molecule has 0 atom stereocenters. The maximum atomic E-state index is 12.1. The fraction of sp³-hybridized carbons (Fsp3) is 0.316. The quantitative estimate of drug-likeness (QED) is 0.842. The monoisotopic (exact) mass is 341 g/mol. The minimum Gasteiger partial charge on any atom is -0.352 e. The fourth-order valence-electron chi connectivity index (χ4n) is 3.31. The van der Waals surface area contributed by atoms with Crippen molar-refractivity contribution in [2.75, 3.05) is 6.54 Å². The molecule has 0 bridgehead atoms. The molecule has 24 heavy (non-hydrogen) atoms. The highest BCUT2D eigenvalue weighted by atomic mass is 35.5. The van der Waals surface area contributed by atoms with Gasteiger partial charge in [-0.25, -0.2) is 0 Å². The summed E-state index contributed by atoms with van der Waals surface area (Å²) in [6.45, 7) is 0.622. The van der Waals surface area contributed by atoms with Crippen LogP contribution in [0.3, 0.4) is 0 Å². The molecule has 1 aliphatic carbocycles. The van der Waals surface area contributed by atoms with Crippen LogP contribution in [-0.2, 0) is 10.2 Å². The van der Waals surface area contributed by atoms with Gasteiger partial charge in [0, 0.05) is 35.5 Å². The minimum absolute atomic E-state index is 0.0129. The fourth-order valence-corrected chi connectivity index (χ4v) is 3.50. The van der Waals surface area contributed by atoms with Gasteiger partial charge in [0.2, 0.25) is 5.91 Å². The third-order valence-corrected chi connectivity index (χ3v) is 4.82. The first kappa shape index (κ1) is 16.7. The van der Waals surface area contributed by atoms with Crippen molar-refractivity contribution < 1.29 is 4.79 Å². The van der Waals surface area contributed by atoms with Gasteiger partial charge >= 0.3 is 0 Å². The summed E-state index contributed by atoms with van der Waals surface area (Å²) in [4.78, 5) is 20.2. The lowest BCUT2D eigenvalue weighted by Gasteiger charge is -2.30. The Morgan fingerprint density at radius 2 is 2.12 bits per heavy atom. The molecule has 1 amide bonds. The highest BCUT2D eigenvalue weighted by Gasteiger charge is 2.35. The second-order valence-electron chi connectivity index (χ2n) is 6.18. The van der Waals surface area contributed by atoms with Crippen molar-refractivity contribution in [3.63, 3.8) is 0 Å². The van der Waals surface area contributed by atoms with Crippen molar-refractivity contribution in [3.8, 4) is 0 Å². The van der Waals surface area contributed by atoms with Crippen LogP contribution < -0.4 is 5.32 Å². The number of halogens is 1. The molecule has 124 valence electrons. The second kappa shape index (κ2) is 7.58. The minimum atomic E-state index is -0.117. The molecule has 1 fully saturated rings. The van der Waals surface area contributed by atoms with Gasteiger partial charge in [-0.05, 0) is 36.6 Å². The predicted octanol–water partition coefficient (Wildman–Crippen LogP) is 3.77. The topological polar surface area (TPSA) is 54.9 Å². The van der Waals surface area contributed by atoms with Gasteiger partial charge in [-0.3, -0.25) is 14.8 Å². The number of carbonyl (C=O) groups is 1. The first-order valence-electron chi connectivity index (χ1n) is 8.16. The summed E-state index contributed by atoms with van der Waals surface area (Å²) < 4.78 is 0. The third kappa shape index (κ3) is 4.01. The van der Waals surface area contributed by atoms with Gasteiger partial charge in [-0.1, -0.05) is 36.6 Å². The van der Waals surface area contributed by atoms with Crippen LogP contribution in [0, 0.1) is 0 Å². The Morgan fingerprint density at radius 3 is 2.83 bits per heavy atom. The highest BCUT2D eigenvalue weighted by molar-refractivity contribution is 6.30. The van der Waals surface area contributed by atoms with E-state index in [-0.39, 0.29) is 11.3 Å². The number of nitrogens with one attached hydrogen (secondary N) is 1. The van der Waals surface area contributed by atoms with E-state index in [4.69, 9.17) is 11.6 Å². The predicted molar refractivity (Wildman–Crippen MR) is 95.7 cm³/mol. The number of aromatic nitrogens is 2. The van der Waals surface area contributed by atoms with Gasteiger partial charge in [0.1, 0.15) is 0 Å². The van der Waals surface area contributed by atoms with E-state index in [1.807, 2.05) is 18.2 Å². The highest BCUT2D eigenvalue weighted by Crippen LogP contribution is 2.41. The molecule has 0 saturated heterocycles. The SMILES string of the molecule is O=C(/C=C/c1cnccn1)NCC1(c2cccc(Cl)c2)CCCC1. The molecule has 0 unspecified atom stereocenters. The van der Waals surface area contributed by atoms with Crippen LogP contribution in [-0.4, -0.2) is 22.4 Å². The Labute approximate surface area is 147 Å². The van der Waals surface area contributed by atoms with Crippen molar-refractivity contribution in [2.45, 2.75) is 31.1 Å². The average molecular weight is 342 g/mol. The summed E-state index contributed by atoms with van der Waals surface area (Å²) in [5.41, 5.74) is 1.87. The molecule has 1 aromatic heterocycles. The van der Waals surface area contributed by atoms with Gasteiger partial charge in [0.15, 0.2) is 0 Å². The lowest BCUT2D eigenvalue weighted by Crippen LogP contribution is -2.38. The molecule has 2 aromatic rings.